The topological polar surface area (TPSA) is 46.3 Å². The van der Waals surface area contributed by atoms with Gasteiger partial charge < -0.3 is 10.6 Å². The van der Waals surface area contributed by atoms with E-state index in [-0.39, 0.29) is 31.8 Å². The number of nitrogens with zero attached hydrogens (tertiary/aromatic N) is 1. The Morgan fingerprint density at radius 3 is 2.16 bits per heavy atom. The van der Waals surface area contributed by atoms with Crippen LogP contribution in [0.4, 0.5) is 18.9 Å². The molecule has 2 rings (SSSR count). The van der Waals surface area contributed by atoms with E-state index >= 15 is 0 Å². The third-order valence-electron chi connectivity index (χ3n) is 3.40. The summed E-state index contributed by atoms with van der Waals surface area (Å²) in [4.78, 5) is 13.5. The second kappa shape index (κ2) is 5.11. The highest BCUT2D eigenvalue weighted by Crippen LogP contribution is 2.34. The number of halogens is 3. The van der Waals surface area contributed by atoms with Crippen LogP contribution in [0.15, 0.2) is 24.3 Å². The Bertz CT molecular complexity index is 448. The third-order valence-corrected chi connectivity index (χ3v) is 3.40. The minimum Gasteiger partial charge on any atom is -0.399 e. The van der Waals surface area contributed by atoms with Gasteiger partial charge >= 0.3 is 6.18 Å². The minimum absolute atomic E-state index is 0.0236. The van der Waals surface area contributed by atoms with Gasteiger partial charge in [-0.05, 0) is 37.1 Å². The molecule has 1 aliphatic heterocycles. The van der Waals surface area contributed by atoms with E-state index in [1.54, 1.807) is 24.3 Å². The zero-order chi connectivity index (χ0) is 14.0. The number of hydrogen-bond acceptors (Lipinski definition) is 2. The number of nitrogen functional groups attached to an aromatic ring is 1. The minimum atomic E-state index is -4.16. The fourth-order valence-electron chi connectivity index (χ4n) is 2.22. The van der Waals surface area contributed by atoms with Crippen LogP contribution >= 0.6 is 0 Å². The molecule has 104 valence electrons. The lowest BCUT2D eigenvalue weighted by molar-refractivity contribution is -0.183. The maximum absolute atomic E-state index is 12.5. The van der Waals surface area contributed by atoms with Crippen molar-refractivity contribution in [3.8, 4) is 0 Å². The molecular formula is C13H15F3N2O. The number of alkyl halides is 3. The van der Waals surface area contributed by atoms with E-state index in [2.05, 4.69) is 0 Å². The molecule has 0 radical (unpaired) electrons. The predicted octanol–water partition coefficient (Wildman–Crippen LogP) is 2.68. The molecule has 0 bridgehead atoms. The summed E-state index contributed by atoms with van der Waals surface area (Å²) in [5.41, 5.74) is 6.53. The van der Waals surface area contributed by atoms with Crippen molar-refractivity contribution in [3.63, 3.8) is 0 Å². The smallest absolute Gasteiger partial charge is 0.391 e. The van der Waals surface area contributed by atoms with Crippen LogP contribution in [0.5, 0.6) is 0 Å². The lowest BCUT2D eigenvalue weighted by Gasteiger charge is -2.33. The second-order valence-corrected chi connectivity index (χ2v) is 4.73. The van der Waals surface area contributed by atoms with Crippen molar-refractivity contribution in [1.29, 1.82) is 0 Å². The molecule has 6 heteroatoms. The van der Waals surface area contributed by atoms with Gasteiger partial charge in [0.15, 0.2) is 0 Å². The molecule has 1 aliphatic rings. The van der Waals surface area contributed by atoms with Gasteiger partial charge in [0, 0.05) is 24.3 Å². The number of hydrogen-bond donors (Lipinski definition) is 1. The standard InChI is InChI=1S/C13H15F3N2O/c14-13(15,16)10-5-7-18(8-6-10)12(19)9-1-3-11(17)4-2-9/h1-4,10H,5-8,17H2. The Labute approximate surface area is 109 Å². The van der Waals surface area contributed by atoms with Gasteiger partial charge in [-0.2, -0.15) is 13.2 Å². The summed E-state index contributed by atoms with van der Waals surface area (Å²) in [5, 5.41) is 0. The highest BCUT2D eigenvalue weighted by atomic mass is 19.4. The number of anilines is 1. The Morgan fingerprint density at radius 2 is 1.68 bits per heavy atom. The van der Waals surface area contributed by atoms with E-state index in [0.717, 1.165) is 0 Å². The van der Waals surface area contributed by atoms with Crippen molar-refractivity contribution in [2.75, 3.05) is 18.8 Å². The van der Waals surface area contributed by atoms with E-state index < -0.39 is 12.1 Å². The molecule has 1 heterocycles. The summed E-state index contributed by atoms with van der Waals surface area (Å²) in [6, 6.07) is 6.40. The molecule has 1 fully saturated rings. The molecule has 0 spiro atoms. The highest BCUT2D eigenvalue weighted by Gasteiger charge is 2.41. The molecule has 1 aromatic rings. The van der Waals surface area contributed by atoms with Gasteiger partial charge in [-0.3, -0.25) is 4.79 Å². The average molecular weight is 272 g/mol. The van der Waals surface area contributed by atoms with Crippen LogP contribution in [0.3, 0.4) is 0 Å². The second-order valence-electron chi connectivity index (χ2n) is 4.73. The van der Waals surface area contributed by atoms with Crippen LogP contribution in [0, 0.1) is 5.92 Å². The van der Waals surface area contributed by atoms with Crippen LogP contribution in [0.2, 0.25) is 0 Å². The summed E-state index contributed by atoms with van der Waals surface area (Å²) in [5.74, 6) is -1.52. The van der Waals surface area contributed by atoms with Crippen LogP contribution in [0.25, 0.3) is 0 Å². The number of likely N-dealkylation sites (tertiary alicyclic amines) is 1. The lowest BCUT2D eigenvalue weighted by Crippen LogP contribution is -2.42. The largest absolute Gasteiger partial charge is 0.399 e. The Morgan fingerprint density at radius 1 is 1.16 bits per heavy atom. The molecule has 0 aliphatic carbocycles. The first kappa shape index (κ1) is 13.7. The molecular weight excluding hydrogens is 257 g/mol. The summed E-state index contributed by atoms with van der Waals surface area (Å²) >= 11 is 0. The summed E-state index contributed by atoms with van der Waals surface area (Å²) in [6.07, 6.45) is -4.20. The molecule has 0 unspecified atom stereocenters. The van der Waals surface area contributed by atoms with Crippen LogP contribution in [-0.2, 0) is 0 Å². The van der Waals surface area contributed by atoms with Crippen molar-refractivity contribution < 1.29 is 18.0 Å². The van der Waals surface area contributed by atoms with Crippen molar-refractivity contribution in [3.05, 3.63) is 29.8 Å². The van der Waals surface area contributed by atoms with Gasteiger partial charge in [0.1, 0.15) is 0 Å². The number of benzene rings is 1. The molecule has 1 aromatic carbocycles. The van der Waals surface area contributed by atoms with Gasteiger partial charge in [0.25, 0.3) is 5.91 Å². The number of carbonyl (C=O) groups is 1. The molecule has 1 amide bonds. The first-order valence-corrected chi connectivity index (χ1v) is 6.09. The zero-order valence-corrected chi connectivity index (χ0v) is 10.3. The summed E-state index contributed by atoms with van der Waals surface area (Å²) in [6.45, 7) is 0.292. The number of carbonyl (C=O) groups excluding carboxylic acids is 1. The molecule has 19 heavy (non-hydrogen) atoms. The van der Waals surface area contributed by atoms with E-state index in [1.165, 1.54) is 4.90 Å². The fraction of sp³-hybridized carbons (Fsp3) is 0.462. The van der Waals surface area contributed by atoms with E-state index in [0.29, 0.717) is 11.3 Å². The number of rotatable bonds is 1. The summed E-state index contributed by atoms with van der Waals surface area (Å²) < 4.78 is 37.6. The first-order valence-electron chi connectivity index (χ1n) is 6.09. The van der Waals surface area contributed by atoms with E-state index in [1.807, 2.05) is 0 Å². The van der Waals surface area contributed by atoms with Crippen LogP contribution in [-0.4, -0.2) is 30.1 Å². The average Bonchev–Trinajstić information content (AvgIpc) is 2.38. The van der Waals surface area contributed by atoms with Gasteiger partial charge in [0.2, 0.25) is 0 Å². The van der Waals surface area contributed by atoms with Gasteiger partial charge in [-0.1, -0.05) is 0 Å². The molecule has 3 nitrogen and oxygen atoms in total. The highest BCUT2D eigenvalue weighted by molar-refractivity contribution is 5.94. The van der Waals surface area contributed by atoms with Gasteiger partial charge in [-0.15, -0.1) is 0 Å². The molecule has 2 N–H and O–H groups in total. The van der Waals surface area contributed by atoms with E-state index in [9.17, 15) is 18.0 Å². The predicted molar refractivity (Wildman–Crippen MR) is 65.5 cm³/mol. The maximum atomic E-state index is 12.5. The van der Waals surface area contributed by atoms with Crippen molar-refractivity contribution in [2.24, 2.45) is 5.92 Å². The molecule has 0 aromatic heterocycles. The first-order chi connectivity index (χ1) is 8.88. The molecule has 1 saturated heterocycles. The van der Waals surface area contributed by atoms with E-state index in [4.69, 9.17) is 5.73 Å². The molecule has 0 saturated carbocycles. The normalized spacial score (nSPS) is 17.5. The molecule has 0 atom stereocenters. The fourth-order valence-corrected chi connectivity index (χ4v) is 2.22. The maximum Gasteiger partial charge on any atom is 0.391 e. The third kappa shape index (κ3) is 3.19. The monoisotopic (exact) mass is 272 g/mol. The van der Waals surface area contributed by atoms with Crippen molar-refractivity contribution >= 4 is 11.6 Å². The van der Waals surface area contributed by atoms with Crippen LogP contribution in [0.1, 0.15) is 23.2 Å². The number of nitrogens with two attached hydrogens (primary N) is 1. The quantitative estimate of drug-likeness (QED) is 0.799. The Balaban J connectivity index is 1.98. The number of amides is 1. The lowest BCUT2D eigenvalue weighted by atomic mass is 9.96. The summed E-state index contributed by atoms with van der Waals surface area (Å²) in [7, 11) is 0. The Kier molecular flexibility index (Phi) is 3.68. The Hall–Kier alpha value is -1.72. The van der Waals surface area contributed by atoms with Crippen molar-refractivity contribution in [1.82, 2.24) is 4.90 Å². The van der Waals surface area contributed by atoms with Gasteiger partial charge in [-0.25, -0.2) is 0 Å². The van der Waals surface area contributed by atoms with Crippen LogP contribution < -0.4 is 5.73 Å². The number of piperidine rings is 1. The zero-order valence-electron chi connectivity index (χ0n) is 10.3. The SMILES string of the molecule is Nc1ccc(C(=O)N2CCC(C(F)(F)F)CC2)cc1. The van der Waals surface area contributed by atoms with Crippen molar-refractivity contribution in [2.45, 2.75) is 19.0 Å². The van der Waals surface area contributed by atoms with Gasteiger partial charge in [0.05, 0.1) is 5.92 Å².